The number of sulfonamides is 1. The van der Waals surface area contributed by atoms with E-state index in [-0.39, 0.29) is 12.5 Å². The van der Waals surface area contributed by atoms with Crippen molar-refractivity contribution < 1.29 is 22.7 Å². The highest BCUT2D eigenvalue weighted by atomic mass is 32.2. The first kappa shape index (κ1) is 21.7. The van der Waals surface area contributed by atoms with Crippen molar-refractivity contribution in [2.75, 3.05) is 37.4 Å². The van der Waals surface area contributed by atoms with Crippen LogP contribution in [0.1, 0.15) is 12.0 Å². The van der Waals surface area contributed by atoms with Crippen LogP contribution in [0, 0.1) is 0 Å². The minimum Gasteiger partial charge on any atom is -0.489 e. The van der Waals surface area contributed by atoms with Gasteiger partial charge in [-0.05, 0) is 36.2 Å². The summed E-state index contributed by atoms with van der Waals surface area (Å²) in [7, 11) is -2.03. The summed E-state index contributed by atoms with van der Waals surface area (Å²) in [6, 6.07) is 16.4. The van der Waals surface area contributed by atoms with Crippen molar-refractivity contribution in [1.82, 2.24) is 5.32 Å². The average molecular weight is 407 g/mol. The molecule has 0 aliphatic rings. The van der Waals surface area contributed by atoms with E-state index in [4.69, 9.17) is 9.47 Å². The molecule has 0 aromatic heterocycles. The Kier molecular flexibility index (Phi) is 8.28. The quantitative estimate of drug-likeness (QED) is 0.578. The topological polar surface area (TPSA) is 84.9 Å². The Morgan fingerprint density at radius 1 is 1.07 bits per heavy atom. The maximum Gasteiger partial charge on any atom is 0.240 e. The molecule has 7 nitrogen and oxygen atoms in total. The fraction of sp³-hybridized carbons (Fsp3) is 0.350. The maximum atomic E-state index is 12.1. The molecule has 0 radical (unpaired) electrons. The number of carbonyl (C=O) groups is 1. The summed E-state index contributed by atoms with van der Waals surface area (Å²) < 4.78 is 36.0. The van der Waals surface area contributed by atoms with Gasteiger partial charge in [-0.2, -0.15) is 0 Å². The van der Waals surface area contributed by atoms with Crippen molar-refractivity contribution in [3.05, 3.63) is 60.2 Å². The highest BCUT2D eigenvalue weighted by Gasteiger charge is 2.20. The SMILES string of the molecule is COCCCNC(=O)CN(c1ccc(OCc2ccccc2)cc1)S(C)(=O)=O. The average Bonchev–Trinajstić information content (AvgIpc) is 2.68. The van der Waals surface area contributed by atoms with Crippen LogP contribution in [0.5, 0.6) is 5.75 Å². The van der Waals surface area contributed by atoms with Gasteiger partial charge >= 0.3 is 0 Å². The van der Waals surface area contributed by atoms with Crippen molar-refractivity contribution >= 4 is 21.6 Å². The number of hydrogen-bond donors (Lipinski definition) is 1. The zero-order valence-corrected chi connectivity index (χ0v) is 16.9. The molecule has 0 spiro atoms. The predicted molar refractivity (Wildman–Crippen MR) is 109 cm³/mol. The third kappa shape index (κ3) is 7.21. The second-order valence-corrected chi connectivity index (χ2v) is 8.14. The fourth-order valence-corrected chi connectivity index (χ4v) is 3.34. The first-order valence-electron chi connectivity index (χ1n) is 8.90. The van der Waals surface area contributed by atoms with E-state index in [1.165, 1.54) is 0 Å². The summed E-state index contributed by atoms with van der Waals surface area (Å²) in [5, 5.41) is 2.69. The van der Waals surface area contributed by atoms with E-state index in [1.54, 1.807) is 31.4 Å². The summed E-state index contributed by atoms with van der Waals surface area (Å²) in [6.07, 6.45) is 1.74. The number of anilines is 1. The van der Waals surface area contributed by atoms with Gasteiger partial charge in [0, 0.05) is 20.3 Å². The molecule has 1 N–H and O–H groups in total. The maximum absolute atomic E-state index is 12.1. The molecule has 0 saturated heterocycles. The second-order valence-electron chi connectivity index (χ2n) is 6.23. The summed E-state index contributed by atoms with van der Waals surface area (Å²) in [5.41, 5.74) is 1.44. The van der Waals surface area contributed by atoms with Crippen LogP contribution in [-0.2, 0) is 26.2 Å². The lowest BCUT2D eigenvalue weighted by molar-refractivity contribution is -0.119. The lowest BCUT2D eigenvalue weighted by Gasteiger charge is -2.22. The Balaban J connectivity index is 1.98. The number of nitrogens with one attached hydrogen (secondary N) is 1. The molecule has 0 aliphatic carbocycles. The van der Waals surface area contributed by atoms with Crippen LogP contribution in [-0.4, -0.2) is 47.4 Å². The molecule has 28 heavy (non-hydrogen) atoms. The molecule has 2 aromatic carbocycles. The molecule has 0 atom stereocenters. The molecule has 0 bridgehead atoms. The van der Waals surface area contributed by atoms with Crippen LogP contribution < -0.4 is 14.4 Å². The molecule has 0 heterocycles. The highest BCUT2D eigenvalue weighted by molar-refractivity contribution is 7.92. The van der Waals surface area contributed by atoms with Gasteiger partial charge in [0.05, 0.1) is 11.9 Å². The minimum absolute atomic E-state index is 0.282. The van der Waals surface area contributed by atoms with Gasteiger partial charge in [-0.25, -0.2) is 8.42 Å². The number of amides is 1. The number of hydrogen-bond acceptors (Lipinski definition) is 5. The lowest BCUT2D eigenvalue weighted by Crippen LogP contribution is -2.40. The van der Waals surface area contributed by atoms with Crippen molar-refractivity contribution in [3.8, 4) is 5.75 Å². The number of benzene rings is 2. The van der Waals surface area contributed by atoms with Gasteiger partial charge in [0.2, 0.25) is 15.9 Å². The number of methoxy groups -OCH3 is 1. The Bertz CT molecular complexity index is 839. The van der Waals surface area contributed by atoms with Crippen molar-refractivity contribution in [3.63, 3.8) is 0 Å². The van der Waals surface area contributed by atoms with E-state index in [0.717, 1.165) is 16.1 Å². The molecule has 0 unspecified atom stereocenters. The molecule has 8 heteroatoms. The zero-order chi connectivity index (χ0) is 20.4. The van der Waals surface area contributed by atoms with E-state index >= 15 is 0 Å². The molecule has 0 aliphatic heterocycles. The van der Waals surface area contributed by atoms with Gasteiger partial charge in [0.1, 0.15) is 18.9 Å². The van der Waals surface area contributed by atoms with Gasteiger partial charge in [-0.3, -0.25) is 9.10 Å². The minimum atomic E-state index is -3.61. The van der Waals surface area contributed by atoms with Crippen LogP contribution in [0.25, 0.3) is 0 Å². The van der Waals surface area contributed by atoms with Crippen LogP contribution in [0.3, 0.4) is 0 Å². The van der Waals surface area contributed by atoms with Gasteiger partial charge in [0.15, 0.2) is 0 Å². The molecular formula is C20H26N2O5S. The highest BCUT2D eigenvalue weighted by Crippen LogP contribution is 2.22. The van der Waals surface area contributed by atoms with E-state index in [1.807, 2.05) is 30.3 Å². The van der Waals surface area contributed by atoms with Crippen LogP contribution >= 0.6 is 0 Å². The zero-order valence-electron chi connectivity index (χ0n) is 16.1. The predicted octanol–water partition coefficient (Wildman–Crippen LogP) is 2.18. The molecular weight excluding hydrogens is 380 g/mol. The summed E-state index contributed by atoms with van der Waals surface area (Å²) >= 11 is 0. The van der Waals surface area contributed by atoms with E-state index < -0.39 is 10.0 Å². The van der Waals surface area contributed by atoms with Crippen LogP contribution in [0.2, 0.25) is 0 Å². The molecule has 2 aromatic rings. The normalized spacial score (nSPS) is 11.1. The largest absolute Gasteiger partial charge is 0.489 e. The Morgan fingerprint density at radius 2 is 1.75 bits per heavy atom. The number of carbonyl (C=O) groups excluding carboxylic acids is 1. The van der Waals surface area contributed by atoms with Crippen molar-refractivity contribution in [1.29, 1.82) is 0 Å². The Labute approximate surface area is 166 Å². The van der Waals surface area contributed by atoms with Crippen LogP contribution in [0.4, 0.5) is 5.69 Å². The fourth-order valence-electron chi connectivity index (χ4n) is 2.48. The van der Waals surface area contributed by atoms with Gasteiger partial charge in [-0.1, -0.05) is 30.3 Å². The molecule has 2 rings (SSSR count). The lowest BCUT2D eigenvalue weighted by atomic mass is 10.2. The standard InChI is InChI=1S/C20H26N2O5S/c1-26-14-6-13-21-20(23)15-22(28(2,24)25)18-9-11-19(12-10-18)27-16-17-7-4-3-5-8-17/h3-5,7-12H,6,13-16H2,1-2H3,(H,21,23). The monoisotopic (exact) mass is 406 g/mol. The number of rotatable bonds is 11. The second kappa shape index (κ2) is 10.7. The first-order chi connectivity index (χ1) is 13.4. The van der Waals surface area contributed by atoms with E-state index in [9.17, 15) is 13.2 Å². The summed E-state index contributed by atoms with van der Waals surface area (Å²) in [5.74, 6) is 0.246. The smallest absolute Gasteiger partial charge is 0.240 e. The van der Waals surface area contributed by atoms with E-state index in [0.29, 0.717) is 37.6 Å². The van der Waals surface area contributed by atoms with Gasteiger partial charge in [-0.15, -0.1) is 0 Å². The molecule has 0 saturated carbocycles. The van der Waals surface area contributed by atoms with Crippen molar-refractivity contribution in [2.45, 2.75) is 13.0 Å². The third-order valence-corrected chi connectivity index (χ3v) is 5.05. The van der Waals surface area contributed by atoms with E-state index in [2.05, 4.69) is 5.32 Å². The number of nitrogens with zero attached hydrogens (tertiary/aromatic N) is 1. The van der Waals surface area contributed by atoms with Gasteiger partial charge < -0.3 is 14.8 Å². The third-order valence-electron chi connectivity index (χ3n) is 3.91. The molecule has 152 valence electrons. The van der Waals surface area contributed by atoms with Crippen molar-refractivity contribution in [2.24, 2.45) is 0 Å². The number of ether oxygens (including phenoxy) is 2. The van der Waals surface area contributed by atoms with Crippen LogP contribution in [0.15, 0.2) is 54.6 Å². The molecule has 1 amide bonds. The Hall–Kier alpha value is -2.58. The summed E-state index contributed by atoms with van der Waals surface area (Å²) in [4.78, 5) is 12.1. The van der Waals surface area contributed by atoms with Gasteiger partial charge in [0.25, 0.3) is 0 Å². The molecule has 0 fully saturated rings. The summed E-state index contributed by atoms with van der Waals surface area (Å²) in [6.45, 7) is 1.09. The Morgan fingerprint density at radius 3 is 2.36 bits per heavy atom. The first-order valence-corrected chi connectivity index (χ1v) is 10.7.